The molecule has 2 amide bonds. The third kappa shape index (κ3) is 2.83. The van der Waals surface area contributed by atoms with E-state index in [4.69, 9.17) is 4.74 Å². The Morgan fingerprint density at radius 3 is 2.18 bits per heavy atom. The SMILES string of the molecule is CO[C@@H]1NC(=O)N(S(=O)(=O)c2ccc(C)cc2)[C@H]1C(C)(C)C. The van der Waals surface area contributed by atoms with Crippen molar-refractivity contribution in [3.63, 3.8) is 0 Å². The van der Waals surface area contributed by atoms with Crippen LogP contribution >= 0.6 is 0 Å². The maximum Gasteiger partial charge on any atom is 0.333 e. The van der Waals surface area contributed by atoms with Crippen molar-refractivity contribution in [2.45, 2.75) is 44.9 Å². The molecule has 1 aromatic carbocycles. The van der Waals surface area contributed by atoms with Crippen LogP contribution in [0, 0.1) is 12.3 Å². The number of methoxy groups -OCH3 is 1. The molecule has 1 saturated heterocycles. The van der Waals surface area contributed by atoms with Crippen molar-refractivity contribution in [1.29, 1.82) is 0 Å². The van der Waals surface area contributed by atoms with Gasteiger partial charge in [-0.3, -0.25) is 0 Å². The maximum absolute atomic E-state index is 12.9. The summed E-state index contributed by atoms with van der Waals surface area (Å²) < 4.78 is 31.9. The normalized spacial score (nSPS) is 22.8. The molecule has 122 valence electrons. The van der Waals surface area contributed by atoms with Crippen molar-refractivity contribution >= 4 is 16.1 Å². The first-order chi connectivity index (χ1) is 10.1. The molecule has 0 unspecified atom stereocenters. The van der Waals surface area contributed by atoms with Gasteiger partial charge in [-0.25, -0.2) is 17.5 Å². The highest BCUT2D eigenvalue weighted by Crippen LogP contribution is 2.35. The molecule has 1 heterocycles. The fourth-order valence-electron chi connectivity index (χ4n) is 2.59. The standard InChI is InChI=1S/C15H22N2O4S/c1-10-6-8-11(9-7-10)22(19,20)17-12(15(2,3)4)13(21-5)16-14(17)18/h6-9,12-13H,1-5H3,(H,16,18)/t12-,13+/m1/s1. The summed E-state index contributed by atoms with van der Waals surface area (Å²) in [5.74, 6) is 0. The lowest BCUT2D eigenvalue weighted by Gasteiger charge is -2.35. The van der Waals surface area contributed by atoms with E-state index in [-0.39, 0.29) is 4.90 Å². The molecule has 0 radical (unpaired) electrons. The zero-order valence-electron chi connectivity index (χ0n) is 13.5. The molecule has 1 aromatic rings. The highest BCUT2D eigenvalue weighted by atomic mass is 32.2. The lowest BCUT2D eigenvalue weighted by atomic mass is 9.86. The largest absolute Gasteiger partial charge is 0.359 e. The van der Waals surface area contributed by atoms with Gasteiger partial charge in [0.2, 0.25) is 0 Å². The van der Waals surface area contributed by atoms with Crippen molar-refractivity contribution in [2.75, 3.05) is 7.11 Å². The average Bonchev–Trinajstić information content (AvgIpc) is 2.76. The molecule has 1 aliphatic rings. The number of hydrogen-bond donors (Lipinski definition) is 1. The van der Waals surface area contributed by atoms with Crippen LogP contribution in [-0.4, -0.2) is 38.1 Å². The van der Waals surface area contributed by atoms with Gasteiger partial charge in [-0.15, -0.1) is 0 Å². The van der Waals surface area contributed by atoms with Crippen molar-refractivity contribution in [2.24, 2.45) is 5.41 Å². The van der Waals surface area contributed by atoms with Crippen LogP contribution in [0.25, 0.3) is 0 Å². The quantitative estimate of drug-likeness (QED) is 0.923. The number of nitrogens with zero attached hydrogens (tertiary/aromatic N) is 1. The molecular weight excluding hydrogens is 304 g/mol. The number of carbonyl (C=O) groups excluding carboxylic acids is 1. The van der Waals surface area contributed by atoms with Crippen LogP contribution in [0.1, 0.15) is 26.3 Å². The Morgan fingerprint density at radius 2 is 1.73 bits per heavy atom. The van der Waals surface area contributed by atoms with Crippen molar-refractivity contribution in [3.05, 3.63) is 29.8 Å². The van der Waals surface area contributed by atoms with Crippen LogP contribution in [0.4, 0.5) is 4.79 Å². The molecule has 0 bridgehead atoms. The Kier molecular flexibility index (Phi) is 4.23. The second kappa shape index (κ2) is 5.55. The van der Waals surface area contributed by atoms with Gasteiger partial charge in [-0.05, 0) is 24.5 Å². The van der Waals surface area contributed by atoms with Crippen molar-refractivity contribution in [3.8, 4) is 0 Å². The molecule has 0 aliphatic carbocycles. The van der Waals surface area contributed by atoms with E-state index >= 15 is 0 Å². The third-order valence-electron chi connectivity index (χ3n) is 3.72. The Hall–Kier alpha value is -1.60. The van der Waals surface area contributed by atoms with Gasteiger partial charge in [0, 0.05) is 7.11 Å². The van der Waals surface area contributed by atoms with E-state index in [1.54, 1.807) is 12.1 Å². The summed E-state index contributed by atoms with van der Waals surface area (Å²) in [5, 5.41) is 2.58. The van der Waals surface area contributed by atoms with Crippen LogP contribution < -0.4 is 5.32 Å². The van der Waals surface area contributed by atoms with Crippen LogP contribution in [0.3, 0.4) is 0 Å². The summed E-state index contributed by atoms with van der Waals surface area (Å²) in [4.78, 5) is 12.3. The molecule has 2 rings (SSSR count). The van der Waals surface area contributed by atoms with E-state index in [9.17, 15) is 13.2 Å². The van der Waals surface area contributed by atoms with Crippen molar-refractivity contribution in [1.82, 2.24) is 9.62 Å². The number of benzene rings is 1. The second-order valence-electron chi connectivity index (χ2n) is 6.53. The summed E-state index contributed by atoms with van der Waals surface area (Å²) in [6.07, 6.45) is -0.673. The maximum atomic E-state index is 12.9. The Labute approximate surface area is 131 Å². The Balaban J connectivity index is 2.52. The highest BCUT2D eigenvalue weighted by Gasteiger charge is 2.51. The average molecular weight is 326 g/mol. The molecule has 7 heteroatoms. The molecule has 1 N–H and O–H groups in total. The zero-order chi connectivity index (χ0) is 16.7. The van der Waals surface area contributed by atoms with Crippen LogP contribution in [0.15, 0.2) is 29.2 Å². The van der Waals surface area contributed by atoms with Crippen LogP contribution in [0.5, 0.6) is 0 Å². The first kappa shape index (κ1) is 16.8. The number of amides is 2. The van der Waals surface area contributed by atoms with Crippen LogP contribution in [-0.2, 0) is 14.8 Å². The molecule has 2 atom stereocenters. The fraction of sp³-hybridized carbons (Fsp3) is 0.533. The third-order valence-corrected chi connectivity index (χ3v) is 5.50. The number of aryl methyl sites for hydroxylation is 1. The summed E-state index contributed by atoms with van der Waals surface area (Å²) in [5.41, 5.74) is 0.476. The number of nitrogens with one attached hydrogen (secondary N) is 1. The Bertz CT molecular complexity index is 662. The smallest absolute Gasteiger partial charge is 0.333 e. The molecule has 0 spiro atoms. The molecular formula is C15H22N2O4S. The summed E-state index contributed by atoms with van der Waals surface area (Å²) in [6, 6.07) is 5.15. The minimum absolute atomic E-state index is 0.0965. The molecule has 6 nitrogen and oxygen atoms in total. The lowest BCUT2D eigenvalue weighted by Crippen LogP contribution is -2.49. The first-order valence-electron chi connectivity index (χ1n) is 7.03. The summed E-state index contributed by atoms with van der Waals surface area (Å²) >= 11 is 0. The number of rotatable bonds is 3. The van der Waals surface area contributed by atoms with Gasteiger partial charge in [0.05, 0.1) is 10.9 Å². The van der Waals surface area contributed by atoms with E-state index in [0.29, 0.717) is 0 Å². The predicted octanol–water partition coefficient (Wildman–Crippen LogP) is 2.10. The molecule has 1 fully saturated rings. The van der Waals surface area contributed by atoms with E-state index in [0.717, 1.165) is 9.87 Å². The first-order valence-corrected chi connectivity index (χ1v) is 8.47. The molecule has 0 saturated carbocycles. The van der Waals surface area contributed by atoms with Gasteiger partial charge >= 0.3 is 6.03 Å². The zero-order valence-corrected chi connectivity index (χ0v) is 14.3. The highest BCUT2D eigenvalue weighted by molar-refractivity contribution is 7.89. The fourth-order valence-corrected chi connectivity index (χ4v) is 4.29. The van der Waals surface area contributed by atoms with Gasteiger partial charge in [0.1, 0.15) is 0 Å². The van der Waals surface area contributed by atoms with E-state index in [1.165, 1.54) is 19.2 Å². The minimum atomic E-state index is -3.94. The summed E-state index contributed by atoms with van der Waals surface area (Å²) in [6.45, 7) is 7.50. The number of carbonyl (C=O) groups is 1. The van der Waals surface area contributed by atoms with Crippen molar-refractivity contribution < 1.29 is 17.9 Å². The monoisotopic (exact) mass is 326 g/mol. The van der Waals surface area contributed by atoms with Gasteiger partial charge in [-0.2, -0.15) is 0 Å². The predicted molar refractivity (Wildman–Crippen MR) is 82.8 cm³/mol. The Morgan fingerprint density at radius 1 is 1.18 bits per heavy atom. The number of hydrogen-bond acceptors (Lipinski definition) is 4. The topological polar surface area (TPSA) is 75.7 Å². The van der Waals surface area contributed by atoms with Gasteiger partial charge < -0.3 is 10.1 Å². The van der Waals surface area contributed by atoms with E-state index in [1.807, 2.05) is 27.7 Å². The van der Waals surface area contributed by atoms with Gasteiger partial charge in [-0.1, -0.05) is 38.5 Å². The van der Waals surface area contributed by atoms with Gasteiger partial charge in [0.25, 0.3) is 10.0 Å². The number of urea groups is 1. The summed E-state index contributed by atoms with van der Waals surface area (Å²) in [7, 11) is -2.49. The molecule has 22 heavy (non-hydrogen) atoms. The molecule has 1 aliphatic heterocycles. The molecule has 0 aromatic heterocycles. The van der Waals surface area contributed by atoms with Crippen LogP contribution in [0.2, 0.25) is 0 Å². The number of ether oxygens (including phenoxy) is 1. The van der Waals surface area contributed by atoms with Gasteiger partial charge in [0.15, 0.2) is 6.23 Å². The number of sulfonamides is 1. The van der Waals surface area contributed by atoms with E-state index < -0.39 is 33.7 Å². The minimum Gasteiger partial charge on any atom is -0.359 e. The van der Waals surface area contributed by atoms with E-state index in [2.05, 4.69) is 5.32 Å². The second-order valence-corrected chi connectivity index (χ2v) is 8.35. The lowest BCUT2D eigenvalue weighted by molar-refractivity contribution is 0.0268.